The Kier molecular flexibility index (Phi) is 3.11. The summed E-state index contributed by atoms with van der Waals surface area (Å²) in [7, 11) is 0. The molecule has 0 amide bonds. The Labute approximate surface area is 131 Å². The summed E-state index contributed by atoms with van der Waals surface area (Å²) < 4.78 is 0. The zero-order valence-corrected chi connectivity index (χ0v) is 14.5. The lowest BCUT2D eigenvalue weighted by Gasteiger charge is -2.65. The Bertz CT molecular complexity index is 432. The molecular weight excluding hydrogens is 254 g/mol. The molecule has 7 atom stereocenters. The summed E-state index contributed by atoms with van der Waals surface area (Å²) in [6.45, 7) is 7.87. The Morgan fingerprint density at radius 2 is 1.62 bits per heavy atom. The fourth-order valence-corrected chi connectivity index (χ4v) is 7.68. The predicted octanol–water partition coefficient (Wildman–Crippen LogP) is 5.14. The smallest absolute Gasteiger partial charge is 0.00444 e. The minimum Gasteiger partial charge on any atom is -0.328 e. The van der Waals surface area contributed by atoms with Crippen LogP contribution in [-0.2, 0) is 0 Å². The molecule has 0 saturated heterocycles. The van der Waals surface area contributed by atoms with E-state index in [1.54, 1.807) is 0 Å². The normalized spacial score (nSPS) is 60.0. The molecule has 1 heteroatoms. The van der Waals surface area contributed by atoms with Crippen LogP contribution < -0.4 is 5.73 Å². The highest BCUT2D eigenvalue weighted by molar-refractivity contribution is 5.11. The standard InChI is InChI=1S/C20H35N/c1-18-9-4-5-16(18)15-7-11-19(2)13-14(21)6-12-20(19,3)17(15)8-10-18/h14-17H,4-13,21H2,1-3H3/t14-,15?,16?,17?,18?,19?,20?/m1/s1. The highest BCUT2D eigenvalue weighted by Crippen LogP contribution is 2.69. The van der Waals surface area contributed by atoms with Gasteiger partial charge in [-0.1, -0.05) is 27.2 Å². The quantitative estimate of drug-likeness (QED) is 0.657. The minimum absolute atomic E-state index is 0.472. The van der Waals surface area contributed by atoms with Crippen molar-refractivity contribution in [3.05, 3.63) is 0 Å². The van der Waals surface area contributed by atoms with E-state index in [4.69, 9.17) is 5.73 Å². The summed E-state index contributed by atoms with van der Waals surface area (Å²) in [5, 5.41) is 0. The van der Waals surface area contributed by atoms with Crippen LogP contribution in [0, 0.1) is 34.0 Å². The van der Waals surface area contributed by atoms with Gasteiger partial charge in [-0.2, -0.15) is 0 Å². The molecular formula is C20H35N. The molecule has 4 aliphatic carbocycles. The van der Waals surface area contributed by atoms with Gasteiger partial charge in [0, 0.05) is 6.04 Å². The van der Waals surface area contributed by atoms with E-state index >= 15 is 0 Å². The second-order valence-corrected chi connectivity index (χ2v) is 9.98. The van der Waals surface area contributed by atoms with E-state index in [2.05, 4.69) is 20.8 Å². The Hall–Kier alpha value is -0.0400. The van der Waals surface area contributed by atoms with Gasteiger partial charge < -0.3 is 5.73 Å². The van der Waals surface area contributed by atoms with Gasteiger partial charge in [0.25, 0.3) is 0 Å². The van der Waals surface area contributed by atoms with Crippen molar-refractivity contribution in [2.24, 2.45) is 39.7 Å². The SMILES string of the molecule is CC12CCCC1C1CCC3(C)C[C@H](N)CCC3(C)C1CC2. The first-order valence-corrected chi connectivity index (χ1v) is 9.64. The van der Waals surface area contributed by atoms with Crippen molar-refractivity contribution in [1.29, 1.82) is 0 Å². The highest BCUT2D eigenvalue weighted by atomic mass is 14.7. The molecule has 4 saturated carbocycles. The molecule has 4 rings (SSSR count). The van der Waals surface area contributed by atoms with Crippen molar-refractivity contribution in [3.63, 3.8) is 0 Å². The molecule has 21 heavy (non-hydrogen) atoms. The molecule has 6 unspecified atom stereocenters. The van der Waals surface area contributed by atoms with Crippen molar-refractivity contribution >= 4 is 0 Å². The largest absolute Gasteiger partial charge is 0.328 e. The van der Waals surface area contributed by atoms with Gasteiger partial charge >= 0.3 is 0 Å². The molecule has 4 aliphatic rings. The number of hydrogen-bond acceptors (Lipinski definition) is 1. The van der Waals surface area contributed by atoms with Gasteiger partial charge in [-0.25, -0.2) is 0 Å². The van der Waals surface area contributed by atoms with E-state index in [1.165, 1.54) is 64.2 Å². The van der Waals surface area contributed by atoms with Crippen LogP contribution in [0.3, 0.4) is 0 Å². The molecule has 0 spiro atoms. The fourth-order valence-electron chi connectivity index (χ4n) is 7.68. The third-order valence-corrected chi connectivity index (χ3v) is 9.19. The molecule has 0 bridgehead atoms. The molecule has 0 heterocycles. The molecule has 0 aliphatic heterocycles. The summed E-state index contributed by atoms with van der Waals surface area (Å²) in [4.78, 5) is 0. The summed E-state index contributed by atoms with van der Waals surface area (Å²) in [6, 6.07) is 0.472. The van der Waals surface area contributed by atoms with Gasteiger partial charge in [-0.05, 0) is 91.8 Å². The molecule has 1 nitrogen and oxygen atoms in total. The molecule has 2 N–H and O–H groups in total. The maximum atomic E-state index is 6.36. The van der Waals surface area contributed by atoms with Gasteiger partial charge in [0.1, 0.15) is 0 Å². The topological polar surface area (TPSA) is 26.0 Å². The van der Waals surface area contributed by atoms with E-state index in [0.717, 1.165) is 17.8 Å². The predicted molar refractivity (Wildman–Crippen MR) is 88.9 cm³/mol. The van der Waals surface area contributed by atoms with E-state index in [1.807, 2.05) is 0 Å². The van der Waals surface area contributed by atoms with Crippen LogP contribution in [0.4, 0.5) is 0 Å². The summed E-state index contributed by atoms with van der Waals surface area (Å²) in [5.41, 5.74) is 8.17. The third-order valence-electron chi connectivity index (χ3n) is 9.19. The van der Waals surface area contributed by atoms with Gasteiger partial charge in [-0.3, -0.25) is 0 Å². The molecule has 0 aromatic heterocycles. The first-order valence-electron chi connectivity index (χ1n) is 9.64. The van der Waals surface area contributed by atoms with E-state index in [0.29, 0.717) is 22.3 Å². The summed E-state index contributed by atoms with van der Waals surface area (Å²) in [5.74, 6) is 3.09. The van der Waals surface area contributed by atoms with Crippen molar-refractivity contribution in [3.8, 4) is 0 Å². The Morgan fingerprint density at radius 1 is 0.810 bits per heavy atom. The number of nitrogens with two attached hydrogens (primary N) is 1. The number of hydrogen-bond donors (Lipinski definition) is 1. The van der Waals surface area contributed by atoms with Crippen molar-refractivity contribution < 1.29 is 0 Å². The third kappa shape index (κ3) is 1.85. The average Bonchev–Trinajstić information content (AvgIpc) is 2.82. The molecule has 0 aromatic carbocycles. The fraction of sp³-hybridized carbons (Fsp3) is 1.00. The van der Waals surface area contributed by atoms with Crippen molar-refractivity contribution in [2.75, 3.05) is 0 Å². The minimum atomic E-state index is 0.472. The molecule has 4 fully saturated rings. The van der Waals surface area contributed by atoms with Gasteiger partial charge in [0.05, 0.1) is 0 Å². The maximum Gasteiger partial charge on any atom is 0.00444 e. The monoisotopic (exact) mass is 289 g/mol. The van der Waals surface area contributed by atoms with Crippen LogP contribution in [0.15, 0.2) is 0 Å². The van der Waals surface area contributed by atoms with Crippen LogP contribution in [0.25, 0.3) is 0 Å². The maximum absolute atomic E-state index is 6.36. The molecule has 120 valence electrons. The average molecular weight is 290 g/mol. The van der Waals surface area contributed by atoms with Crippen LogP contribution in [0.2, 0.25) is 0 Å². The Morgan fingerprint density at radius 3 is 2.43 bits per heavy atom. The lowest BCUT2D eigenvalue weighted by Crippen LogP contribution is -2.58. The van der Waals surface area contributed by atoms with Crippen molar-refractivity contribution in [1.82, 2.24) is 0 Å². The van der Waals surface area contributed by atoms with E-state index in [-0.39, 0.29) is 0 Å². The van der Waals surface area contributed by atoms with Crippen molar-refractivity contribution in [2.45, 2.75) is 91.0 Å². The van der Waals surface area contributed by atoms with E-state index < -0.39 is 0 Å². The van der Waals surface area contributed by atoms with Gasteiger partial charge in [0.15, 0.2) is 0 Å². The lowest BCUT2D eigenvalue weighted by atomic mass is 9.40. The summed E-state index contributed by atoms with van der Waals surface area (Å²) >= 11 is 0. The van der Waals surface area contributed by atoms with Crippen LogP contribution >= 0.6 is 0 Å². The van der Waals surface area contributed by atoms with Gasteiger partial charge in [-0.15, -0.1) is 0 Å². The molecule has 0 radical (unpaired) electrons. The van der Waals surface area contributed by atoms with Crippen LogP contribution in [0.1, 0.15) is 85.0 Å². The molecule has 0 aromatic rings. The summed E-state index contributed by atoms with van der Waals surface area (Å²) in [6.07, 6.45) is 14.5. The second-order valence-electron chi connectivity index (χ2n) is 9.98. The first-order chi connectivity index (χ1) is 9.88. The lowest BCUT2D eigenvalue weighted by molar-refractivity contribution is -0.150. The van der Waals surface area contributed by atoms with Gasteiger partial charge in [0.2, 0.25) is 0 Å². The van der Waals surface area contributed by atoms with Crippen LogP contribution in [-0.4, -0.2) is 6.04 Å². The second kappa shape index (κ2) is 4.49. The van der Waals surface area contributed by atoms with E-state index in [9.17, 15) is 0 Å². The van der Waals surface area contributed by atoms with Crippen LogP contribution in [0.5, 0.6) is 0 Å². The Balaban J connectivity index is 1.67. The first kappa shape index (κ1) is 14.5. The number of rotatable bonds is 0. The highest BCUT2D eigenvalue weighted by Gasteiger charge is 2.61. The zero-order valence-electron chi connectivity index (χ0n) is 14.5. The number of fused-ring (bicyclic) bond motifs is 5. The zero-order chi connectivity index (χ0) is 14.9.